The zero-order valence-corrected chi connectivity index (χ0v) is 22.9. The highest BCUT2D eigenvalue weighted by Gasteiger charge is 2.62. The van der Waals surface area contributed by atoms with E-state index in [1.54, 1.807) is 0 Å². The smallest absolute Gasteiger partial charge is 0.387 e. The number of hydrogen-bond donors (Lipinski definition) is 14. The summed E-state index contributed by atoms with van der Waals surface area (Å²) in [5, 5.41) is 57.9. The van der Waals surface area contributed by atoms with Crippen LogP contribution in [0.1, 0.15) is 0 Å². The van der Waals surface area contributed by atoms with Crippen molar-refractivity contribution in [3.63, 3.8) is 0 Å². The van der Waals surface area contributed by atoms with Gasteiger partial charge in [-0.3, -0.25) is 0 Å². The predicted molar refractivity (Wildman–Crippen MR) is 108 cm³/mol. The quantitative estimate of drug-likeness (QED) is 0.0692. The molecule has 0 radical (unpaired) electrons. The van der Waals surface area contributed by atoms with Gasteiger partial charge in [0.1, 0.15) is 30.5 Å². The van der Waals surface area contributed by atoms with E-state index in [4.69, 9.17) is 19.6 Å². The number of aliphatic hydroxyl groups excluding tert-OH is 5. The minimum Gasteiger partial charge on any atom is -0.387 e. The summed E-state index contributed by atoms with van der Waals surface area (Å²) in [4.78, 5) is 62.9. The van der Waals surface area contributed by atoms with Gasteiger partial charge in [0, 0.05) is 0 Å². The van der Waals surface area contributed by atoms with E-state index in [0.717, 1.165) is 0 Å². The van der Waals surface area contributed by atoms with Gasteiger partial charge in [-0.15, -0.1) is 0 Å². The molecule has 1 rings (SSSR count). The van der Waals surface area contributed by atoms with Crippen molar-refractivity contribution in [2.24, 2.45) is 0 Å². The fraction of sp³-hybridized carbons (Fsp3) is 1.00. The van der Waals surface area contributed by atoms with Crippen molar-refractivity contribution >= 4 is 46.9 Å². The first-order chi connectivity index (χ1) is 16.0. The Balaban J connectivity index is 0.0000137. The first-order valence-corrected chi connectivity index (χ1v) is 17.1. The summed E-state index contributed by atoms with van der Waals surface area (Å²) < 4.78 is 88.7. The van der Waals surface area contributed by atoms with E-state index in [2.05, 4.69) is 26.1 Å². The molecule has 16 N–H and O–H groups in total. The molecule has 1 fully saturated rings. The Labute approximate surface area is 208 Å². The molecular formula is C6H21NO25P6. The summed E-state index contributed by atoms with van der Waals surface area (Å²) in [7, 11) is -38.3. The summed E-state index contributed by atoms with van der Waals surface area (Å²) in [5.41, 5.74) is 0. The van der Waals surface area contributed by atoms with Crippen molar-refractivity contribution in [3.05, 3.63) is 0 Å². The lowest BCUT2D eigenvalue weighted by Crippen LogP contribution is -2.71. The first kappa shape index (κ1) is 38.6. The van der Waals surface area contributed by atoms with Crippen molar-refractivity contribution in [2.45, 2.75) is 36.3 Å². The molecule has 38 heavy (non-hydrogen) atoms. The molecule has 7 unspecified atom stereocenters. The zero-order chi connectivity index (χ0) is 29.6. The summed E-state index contributed by atoms with van der Waals surface area (Å²) in [5.74, 6) is -3.96. The maximum absolute atomic E-state index is 12.0. The molecule has 1 aliphatic rings. The number of hydrogen-bond acceptors (Lipinski definition) is 19. The topological polar surface area (TPSA) is 456 Å². The average molecular weight is 693 g/mol. The van der Waals surface area contributed by atoms with Crippen LogP contribution in [0, 0.1) is 0 Å². The summed E-state index contributed by atoms with van der Waals surface area (Å²) >= 11 is 0. The molecule has 32 heteroatoms. The fourth-order valence-corrected chi connectivity index (χ4v) is 9.78. The number of rotatable bonds is 12. The largest absolute Gasteiger partial charge is 0.490 e. The Morgan fingerprint density at radius 2 is 0.737 bits per heavy atom. The van der Waals surface area contributed by atoms with Crippen LogP contribution in [0.25, 0.3) is 0 Å². The van der Waals surface area contributed by atoms with Gasteiger partial charge < -0.3 is 71.0 Å². The normalized spacial score (nSPS) is 36.4. The van der Waals surface area contributed by atoms with Crippen LogP contribution in [0.3, 0.4) is 0 Å². The van der Waals surface area contributed by atoms with E-state index in [-0.39, 0.29) is 6.15 Å². The number of phosphoric acid groups is 6. The molecule has 0 aromatic rings. The van der Waals surface area contributed by atoms with Crippen LogP contribution in [0.5, 0.6) is 0 Å². The van der Waals surface area contributed by atoms with E-state index in [1.807, 2.05) is 0 Å². The van der Waals surface area contributed by atoms with Gasteiger partial charge >= 0.3 is 46.9 Å². The summed E-state index contributed by atoms with van der Waals surface area (Å²) in [6.45, 7) is 0. The molecule has 11 atom stereocenters. The Kier molecular flexibility index (Phi) is 12.6. The Morgan fingerprint density at radius 1 is 0.474 bits per heavy atom. The average Bonchev–Trinajstić information content (AvgIpc) is 2.56. The molecule has 26 nitrogen and oxygen atoms in total. The Bertz CT molecular complexity index is 1110. The molecule has 1 saturated carbocycles. The maximum Gasteiger partial charge on any atom is 0.490 e. The fourth-order valence-electron chi connectivity index (χ4n) is 2.26. The van der Waals surface area contributed by atoms with Crippen LogP contribution < -0.4 is 6.15 Å². The van der Waals surface area contributed by atoms with Crippen molar-refractivity contribution in [3.8, 4) is 0 Å². The van der Waals surface area contributed by atoms with Crippen LogP contribution >= 0.6 is 46.9 Å². The molecule has 0 saturated heterocycles. The lowest BCUT2D eigenvalue weighted by molar-refractivity contribution is -0.336. The highest BCUT2D eigenvalue weighted by Crippen LogP contribution is 2.75. The molecular weight excluding hydrogens is 672 g/mol. The Morgan fingerprint density at radius 3 is 1.03 bits per heavy atom. The lowest BCUT2D eigenvalue weighted by Gasteiger charge is -2.46. The van der Waals surface area contributed by atoms with Crippen molar-refractivity contribution in [2.75, 3.05) is 0 Å². The molecule has 0 heterocycles. The zero-order valence-electron chi connectivity index (χ0n) is 17.5. The summed E-state index contributed by atoms with van der Waals surface area (Å²) in [6, 6.07) is 0. The van der Waals surface area contributed by atoms with E-state index < -0.39 is 83.2 Å². The second-order valence-corrected chi connectivity index (χ2v) is 15.6. The van der Waals surface area contributed by atoms with E-state index in [1.165, 1.54) is 0 Å². The molecule has 0 spiro atoms. The first-order valence-electron chi connectivity index (χ1n) is 8.13. The van der Waals surface area contributed by atoms with Gasteiger partial charge in [-0.25, -0.2) is 31.9 Å². The SMILES string of the molecule is N.O=P(O)(O)OP(=O)(O)OP(=O)(O)OP(=O)(O)OP(=O)(O)OP(=O)(O)OC1(O)[C@H](O)[C@H](O)C(O)[C@H](O)[C@H]1O. The maximum atomic E-state index is 12.0. The predicted octanol–water partition coefficient (Wildman–Crippen LogP) is -3.65. The van der Waals surface area contributed by atoms with Gasteiger partial charge in [-0.1, -0.05) is 0 Å². The molecule has 1 aliphatic carbocycles. The van der Waals surface area contributed by atoms with Crippen LogP contribution in [-0.2, 0) is 53.5 Å². The van der Waals surface area contributed by atoms with Crippen LogP contribution in [0.4, 0.5) is 0 Å². The van der Waals surface area contributed by atoms with Crippen LogP contribution in [0.2, 0.25) is 0 Å². The van der Waals surface area contributed by atoms with Gasteiger partial charge in [-0.2, -0.15) is 21.6 Å². The third-order valence-corrected chi connectivity index (χ3v) is 12.3. The van der Waals surface area contributed by atoms with Crippen molar-refractivity contribution in [1.29, 1.82) is 0 Å². The minimum atomic E-state index is -6.59. The number of aliphatic hydroxyl groups is 6. The van der Waals surface area contributed by atoms with Gasteiger partial charge in [-0.05, 0) is 0 Å². The van der Waals surface area contributed by atoms with Gasteiger partial charge in [0.15, 0.2) is 0 Å². The van der Waals surface area contributed by atoms with Gasteiger partial charge in [0.05, 0.1) is 0 Å². The standard InChI is InChI=1S/C6H18O25P6.H3N/c7-1-2(8)4(10)6(12,5(11)3(1)9)26-33(16,17)28-35(20,21)30-37(24,25)31-36(22,23)29-34(18,19)27-32(13,14)15;/h1-5,7-12H,(H,16,17)(H,18,19)(H,20,21)(H,22,23)(H,24,25)(H2,13,14,15);1H3/t1?,2-,3+,4-,5-,6?;/m1./s1. The lowest BCUT2D eigenvalue weighted by atomic mass is 9.82. The van der Waals surface area contributed by atoms with Crippen LogP contribution in [-0.4, -0.2) is 101 Å². The molecule has 0 bridgehead atoms. The van der Waals surface area contributed by atoms with Gasteiger partial charge in [0.2, 0.25) is 5.79 Å². The third-order valence-electron chi connectivity index (χ3n) is 3.49. The minimum absolute atomic E-state index is 0. The second-order valence-electron chi connectivity index (χ2n) is 6.45. The van der Waals surface area contributed by atoms with Crippen LogP contribution in [0.15, 0.2) is 0 Å². The highest BCUT2D eigenvalue weighted by atomic mass is 31.3. The molecule has 0 aromatic heterocycles. The van der Waals surface area contributed by atoms with E-state index >= 15 is 0 Å². The molecule has 0 amide bonds. The monoisotopic (exact) mass is 693 g/mol. The second kappa shape index (κ2) is 12.4. The van der Waals surface area contributed by atoms with Gasteiger partial charge in [0.25, 0.3) is 0 Å². The Hall–Kier alpha value is 0.580. The molecule has 0 aliphatic heterocycles. The number of phosphoric ester groups is 1. The summed E-state index contributed by atoms with van der Waals surface area (Å²) in [6.07, 6.45) is -13.5. The van der Waals surface area contributed by atoms with E-state index in [9.17, 15) is 72.7 Å². The van der Waals surface area contributed by atoms with E-state index in [0.29, 0.717) is 0 Å². The molecule has 0 aromatic carbocycles. The third kappa shape index (κ3) is 11.1. The highest BCUT2D eigenvalue weighted by molar-refractivity contribution is 7.72. The van der Waals surface area contributed by atoms with Crippen molar-refractivity contribution < 1.29 is 118 Å². The van der Waals surface area contributed by atoms with Crippen molar-refractivity contribution in [1.82, 2.24) is 6.15 Å². The molecule has 230 valence electrons.